The normalized spacial score (nSPS) is 9.06. The minimum atomic E-state index is 0. The number of aromatic nitrogens is 2. The predicted octanol–water partition coefficient (Wildman–Crippen LogP) is 3.01. The number of benzene rings is 1. The van der Waals surface area contributed by atoms with Crippen LogP contribution in [0.2, 0.25) is 5.02 Å². The van der Waals surface area contributed by atoms with Crippen molar-refractivity contribution >= 4 is 42.1 Å². The quantitative estimate of drug-likeness (QED) is 0.919. The van der Waals surface area contributed by atoms with Gasteiger partial charge in [-0.15, -0.1) is 24.8 Å². The van der Waals surface area contributed by atoms with E-state index in [1.807, 2.05) is 24.3 Å². The van der Waals surface area contributed by atoms with Gasteiger partial charge < -0.3 is 5.73 Å². The van der Waals surface area contributed by atoms with Gasteiger partial charge in [0.1, 0.15) is 0 Å². The molecular weight excluding hydrogens is 268 g/mol. The average molecular weight is 281 g/mol. The Morgan fingerprint density at radius 3 is 2.31 bits per heavy atom. The summed E-state index contributed by atoms with van der Waals surface area (Å²) in [5.74, 6) is 0. The van der Waals surface area contributed by atoms with Gasteiger partial charge in [0, 0.05) is 11.2 Å². The van der Waals surface area contributed by atoms with E-state index in [-0.39, 0.29) is 24.8 Å². The van der Waals surface area contributed by atoms with Crippen LogP contribution in [0.4, 0.5) is 5.69 Å². The van der Waals surface area contributed by atoms with E-state index in [1.54, 1.807) is 17.1 Å². The summed E-state index contributed by atoms with van der Waals surface area (Å²) < 4.78 is 1.79. The molecule has 2 aromatic rings. The Hall–Kier alpha value is -0.900. The van der Waals surface area contributed by atoms with Crippen LogP contribution in [0, 0.1) is 0 Å². The van der Waals surface area contributed by atoms with Crippen LogP contribution in [0.3, 0.4) is 0 Å². The van der Waals surface area contributed by atoms with E-state index < -0.39 is 0 Å². The van der Waals surface area contributed by atoms with Gasteiger partial charge in [-0.1, -0.05) is 23.7 Å². The first kappa shape index (κ1) is 15.1. The fourth-order valence-corrected chi connectivity index (χ4v) is 1.37. The molecule has 0 atom stereocenters. The Morgan fingerprint density at radius 2 is 1.81 bits per heavy atom. The molecular formula is C10H12Cl3N3. The SMILES string of the molecule is Cl.Cl.Nc1cnn(Cc2ccc(Cl)cc2)c1. The number of hydrogen-bond donors (Lipinski definition) is 1. The van der Waals surface area contributed by atoms with Crippen molar-refractivity contribution in [1.29, 1.82) is 0 Å². The van der Waals surface area contributed by atoms with Gasteiger partial charge in [0.2, 0.25) is 0 Å². The number of hydrogen-bond acceptors (Lipinski definition) is 2. The van der Waals surface area contributed by atoms with Gasteiger partial charge in [-0.25, -0.2) is 0 Å². The minimum absolute atomic E-state index is 0. The van der Waals surface area contributed by atoms with E-state index in [4.69, 9.17) is 17.3 Å². The van der Waals surface area contributed by atoms with Crippen molar-refractivity contribution < 1.29 is 0 Å². The molecule has 6 heteroatoms. The van der Waals surface area contributed by atoms with Crippen molar-refractivity contribution in [3.63, 3.8) is 0 Å². The summed E-state index contributed by atoms with van der Waals surface area (Å²) in [4.78, 5) is 0. The standard InChI is InChI=1S/C10H10ClN3.2ClH/c11-9-3-1-8(2-4-9)6-14-7-10(12)5-13-14;;/h1-5,7H,6,12H2;2*1H. The van der Waals surface area contributed by atoms with Crippen LogP contribution in [-0.4, -0.2) is 9.78 Å². The molecule has 0 spiro atoms. The van der Waals surface area contributed by atoms with E-state index in [1.165, 1.54) is 0 Å². The van der Waals surface area contributed by atoms with Gasteiger partial charge in [0.25, 0.3) is 0 Å². The third-order valence-corrected chi connectivity index (χ3v) is 2.16. The first-order chi connectivity index (χ1) is 6.74. The topological polar surface area (TPSA) is 43.8 Å². The number of nitrogens with zero attached hydrogens (tertiary/aromatic N) is 2. The third-order valence-electron chi connectivity index (χ3n) is 1.91. The lowest BCUT2D eigenvalue weighted by molar-refractivity contribution is 0.687. The summed E-state index contributed by atoms with van der Waals surface area (Å²) in [6.07, 6.45) is 3.44. The third kappa shape index (κ3) is 3.93. The number of anilines is 1. The molecule has 1 aromatic heterocycles. The molecule has 0 saturated carbocycles. The van der Waals surface area contributed by atoms with Crippen molar-refractivity contribution in [1.82, 2.24) is 9.78 Å². The smallest absolute Gasteiger partial charge is 0.0719 e. The summed E-state index contributed by atoms with van der Waals surface area (Å²) in [6.45, 7) is 0.717. The molecule has 0 saturated heterocycles. The van der Waals surface area contributed by atoms with Crippen molar-refractivity contribution in [2.24, 2.45) is 0 Å². The lowest BCUT2D eigenvalue weighted by Gasteiger charge is -2.01. The van der Waals surface area contributed by atoms with Crippen molar-refractivity contribution in [2.45, 2.75) is 6.54 Å². The highest BCUT2D eigenvalue weighted by Crippen LogP contribution is 2.10. The first-order valence-electron chi connectivity index (χ1n) is 4.26. The van der Waals surface area contributed by atoms with Gasteiger partial charge >= 0.3 is 0 Å². The zero-order valence-electron chi connectivity index (χ0n) is 8.34. The Morgan fingerprint density at radius 1 is 1.19 bits per heavy atom. The second-order valence-corrected chi connectivity index (χ2v) is 3.53. The predicted molar refractivity (Wildman–Crippen MR) is 71.7 cm³/mol. The highest BCUT2D eigenvalue weighted by Gasteiger charge is 1.96. The van der Waals surface area contributed by atoms with Crippen molar-refractivity contribution in [3.8, 4) is 0 Å². The molecule has 2 rings (SSSR count). The molecule has 0 unspecified atom stereocenters. The van der Waals surface area contributed by atoms with E-state index in [9.17, 15) is 0 Å². The van der Waals surface area contributed by atoms with Crippen LogP contribution in [-0.2, 0) is 6.54 Å². The average Bonchev–Trinajstić information content (AvgIpc) is 2.56. The lowest BCUT2D eigenvalue weighted by Crippen LogP contribution is -1.99. The van der Waals surface area contributed by atoms with E-state index in [0.717, 1.165) is 10.6 Å². The van der Waals surface area contributed by atoms with Gasteiger partial charge in [-0.2, -0.15) is 5.10 Å². The second kappa shape index (κ2) is 6.63. The molecule has 3 nitrogen and oxygen atoms in total. The maximum absolute atomic E-state index is 5.78. The maximum atomic E-state index is 5.78. The van der Waals surface area contributed by atoms with Gasteiger partial charge in [-0.05, 0) is 17.7 Å². The van der Waals surface area contributed by atoms with Crippen LogP contribution in [0.1, 0.15) is 5.56 Å². The highest BCUT2D eigenvalue weighted by atomic mass is 35.5. The molecule has 1 aromatic carbocycles. The molecule has 0 bridgehead atoms. The first-order valence-corrected chi connectivity index (χ1v) is 4.64. The Kier molecular flexibility index (Phi) is 6.26. The summed E-state index contributed by atoms with van der Waals surface area (Å²) >= 11 is 5.78. The largest absolute Gasteiger partial charge is 0.396 e. The van der Waals surface area contributed by atoms with Crippen LogP contribution in [0.15, 0.2) is 36.7 Å². The molecule has 1 heterocycles. The van der Waals surface area contributed by atoms with E-state index in [0.29, 0.717) is 12.2 Å². The Bertz CT molecular complexity index is 425. The zero-order chi connectivity index (χ0) is 9.97. The van der Waals surface area contributed by atoms with Crippen molar-refractivity contribution in [3.05, 3.63) is 47.2 Å². The second-order valence-electron chi connectivity index (χ2n) is 3.10. The molecule has 0 amide bonds. The van der Waals surface area contributed by atoms with Crippen LogP contribution < -0.4 is 5.73 Å². The molecule has 0 fully saturated rings. The highest BCUT2D eigenvalue weighted by molar-refractivity contribution is 6.30. The van der Waals surface area contributed by atoms with Gasteiger partial charge in [-0.3, -0.25) is 4.68 Å². The van der Waals surface area contributed by atoms with Crippen LogP contribution in [0.25, 0.3) is 0 Å². The van der Waals surface area contributed by atoms with E-state index in [2.05, 4.69) is 5.10 Å². The minimum Gasteiger partial charge on any atom is -0.396 e. The van der Waals surface area contributed by atoms with Crippen molar-refractivity contribution in [2.75, 3.05) is 5.73 Å². The summed E-state index contributed by atoms with van der Waals surface area (Å²) in [5, 5.41) is 4.84. The molecule has 16 heavy (non-hydrogen) atoms. The molecule has 88 valence electrons. The zero-order valence-corrected chi connectivity index (χ0v) is 10.7. The summed E-state index contributed by atoms with van der Waals surface area (Å²) in [5.41, 5.74) is 7.38. The molecule has 0 aliphatic heterocycles. The van der Waals surface area contributed by atoms with E-state index >= 15 is 0 Å². The molecule has 2 N–H and O–H groups in total. The van der Waals surface area contributed by atoms with Crippen LogP contribution >= 0.6 is 36.4 Å². The number of rotatable bonds is 2. The number of nitrogen functional groups attached to an aromatic ring is 1. The molecule has 0 aliphatic rings. The monoisotopic (exact) mass is 279 g/mol. The summed E-state index contributed by atoms with van der Waals surface area (Å²) in [6, 6.07) is 7.67. The Balaban J connectivity index is 0.00000112. The fourth-order valence-electron chi connectivity index (χ4n) is 1.24. The molecule has 0 radical (unpaired) electrons. The molecule has 0 aliphatic carbocycles. The van der Waals surface area contributed by atoms with Gasteiger partial charge in [0.15, 0.2) is 0 Å². The lowest BCUT2D eigenvalue weighted by atomic mass is 10.2. The van der Waals surface area contributed by atoms with Gasteiger partial charge in [0.05, 0.1) is 18.4 Å². The maximum Gasteiger partial charge on any atom is 0.0719 e. The number of halogens is 3. The van der Waals surface area contributed by atoms with Crippen LogP contribution in [0.5, 0.6) is 0 Å². The fraction of sp³-hybridized carbons (Fsp3) is 0.100. The summed E-state index contributed by atoms with van der Waals surface area (Å²) in [7, 11) is 0. The Labute approximate surface area is 111 Å². The number of nitrogens with two attached hydrogens (primary N) is 1.